The van der Waals surface area contributed by atoms with Gasteiger partial charge in [-0.05, 0) is 54.6 Å². The van der Waals surface area contributed by atoms with Gasteiger partial charge in [0.25, 0.3) is 0 Å². The number of carbonyl (C=O) groups is 1. The lowest BCUT2D eigenvalue weighted by Gasteiger charge is -2.32. The van der Waals surface area contributed by atoms with Crippen LogP contribution in [0.25, 0.3) is 0 Å². The van der Waals surface area contributed by atoms with Crippen LogP contribution in [0.3, 0.4) is 0 Å². The average molecular weight is 352 g/mol. The van der Waals surface area contributed by atoms with Crippen LogP contribution >= 0.6 is 11.3 Å². The number of hydrogen-bond acceptors (Lipinski definition) is 4. The van der Waals surface area contributed by atoms with Gasteiger partial charge in [-0.2, -0.15) is 8.78 Å². The summed E-state index contributed by atoms with van der Waals surface area (Å²) >= 11 is 1.77. The van der Waals surface area contributed by atoms with Crippen molar-refractivity contribution in [2.24, 2.45) is 0 Å². The molecule has 1 aliphatic heterocycles. The third-order valence-electron chi connectivity index (χ3n) is 4.11. The number of thiophene rings is 1. The molecule has 1 amide bonds. The van der Waals surface area contributed by atoms with Crippen molar-refractivity contribution in [3.05, 3.63) is 46.2 Å². The lowest BCUT2D eigenvalue weighted by molar-refractivity contribution is -0.117. The smallest absolute Gasteiger partial charge is 0.387 e. The van der Waals surface area contributed by atoms with Crippen LogP contribution in [0.15, 0.2) is 35.7 Å². The van der Waals surface area contributed by atoms with Crippen molar-refractivity contribution < 1.29 is 18.3 Å². The van der Waals surface area contributed by atoms with Crippen molar-refractivity contribution in [3.63, 3.8) is 0 Å². The summed E-state index contributed by atoms with van der Waals surface area (Å²) in [6.45, 7) is 0.400. The predicted octanol–water partition coefficient (Wildman–Crippen LogP) is 3.91. The summed E-state index contributed by atoms with van der Waals surface area (Å²) < 4.78 is 28.5. The first-order chi connectivity index (χ1) is 11.5. The molecule has 0 unspecified atom stereocenters. The van der Waals surface area contributed by atoms with Gasteiger partial charge in [-0.25, -0.2) is 0 Å². The number of amides is 1. The van der Waals surface area contributed by atoms with Gasteiger partial charge >= 0.3 is 6.61 Å². The fraction of sp³-hybridized carbons (Fsp3) is 0.353. The zero-order valence-corrected chi connectivity index (χ0v) is 14.0. The lowest BCUT2D eigenvalue weighted by Crippen LogP contribution is -2.39. The van der Waals surface area contributed by atoms with Gasteiger partial charge in [0.15, 0.2) is 0 Å². The van der Waals surface area contributed by atoms with Crippen molar-refractivity contribution in [3.8, 4) is 5.75 Å². The number of anilines is 1. The molecule has 1 aromatic carbocycles. The van der Waals surface area contributed by atoms with Crippen LogP contribution in [0, 0.1) is 0 Å². The minimum Gasteiger partial charge on any atom is -0.435 e. The molecule has 128 valence electrons. The van der Waals surface area contributed by atoms with Crippen molar-refractivity contribution >= 4 is 22.9 Å². The van der Waals surface area contributed by atoms with E-state index in [9.17, 15) is 13.6 Å². The number of alkyl halides is 2. The summed E-state index contributed by atoms with van der Waals surface area (Å²) in [6.07, 6.45) is 0.963. The number of halogens is 2. The van der Waals surface area contributed by atoms with E-state index < -0.39 is 6.61 Å². The van der Waals surface area contributed by atoms with Gasteiger partial charge in [0.1, 0.15) is 5.75 Å². The Hall–Kier alpha value is -1.99. The van der Waals surface area contributed by atoms with Crippen LogP contribution in [0.5, 0.6) is 5.75 Å². The first-order valence-corrected chi connectivity index (χ1v) is 8.56. The van der Waals surface area contributed by atoms with Crippen molar-refractivity contribution in [1.82, 2.24) is 4.90 Å². The number of hydrogen-bond donors (Lipinski definition) is 1. The highest BCUT2D eigenvalue weighted by molar-refractivity contribution is 7.10. The number of rotatable bonds is 5. The molecule has 7 heteroatoms. The molecular formula is C17H18F2N2O2S. The maximum atomic E-state index is 12.2. The van der Waals surface area contributed by atoms with Gasteiger partial charge < -0.3 is 10.1 Å². The molecule has 2 aromatic rings. The van der Waals surface area contributed by atoms with E-state index in [1.165, 1.54) is 22.6 Å². The van der Waals surface area contributed by atoms with Crippen molar-refractivity contribution in [2.75, 3.05) is 18.4 Å². The zero-order chi connectivity index (χ0) is 17.1. The van der Waals surface area contributed by atoms with E-state index in [4.69, 9.17) is 0 Å². The van der Waals surface area contributed by atoms with E-state index >= 15 is 0 Å². The third-order valence-corrected chi connectivity index (χ3v) is 5.11. The Labute approximate surface area is 143 Å². The standard InChI is InChI=1S/C17H18F2N2O2S/c1-11-14-7-9-24-15(14)6-8-21(11)10-16(22)20-12-2-4-13(5-3-12)23-17(18)19/h2-5,7,9,11,17H,6,8,10H2,1H3,(H,20,22)/t11-/m1/s1. The number of carbonyl (C=O) groups excluding carboxylic acids is 1. The summed E-state index contributed by atoms with van der Waals surface area (Å²) in [6, 6.07) is 8.24. The van der Waals surface area contributed by atoms with E-state index in [0.29, 0.717) is 12.2 Å². The molecule has 0 saturated carbocycles. The lowest BCUT2D eigenvalue weighted by atomic mass is 10.0. The van der Waals surface area contributed by atoms with Crippen LogP contribution in [0.1, 0.15) is 23.4 Å². The molecule has 1 aliphatic rings. The monoisotopic (exact) mass is 352 g/mol. The Morgan fingerprint density at radius 3 is 2.83 bits per heavy atom. The summed E-state index contributed by atoms with van der Waals surface area (Å²) in [7, 11) is 0. The Balaban J connectivity index is 1.56. The summed E-state index contributed by atoms with van der Waals surface area (Å²) in [4.78, 5) is 15.8. The maximum absolute atomic E-state index is 12.2. The number of ether oxygens (including phenoxy) is 1. The second kappa shape index (κ2) is 7.27. The van der Waals surface area contributed by atoms with Gasteiger partial charge in [0, 0.05) is 23.2 Å². The average Bonchev–Trinajstić information content (AvgIpc) is 3.01. The van der Waals surface area contributed by atoms with Gasteiger partial charge in [0.05, 0.1) is 6.54 Å². The Kier molecular flexibility index (Phi) is 5.11. The predicted molar refractivity (Wildman–Crippen MR) is 89.7 cm³/mol. The normalized spacial score (nSPS) is 17.6. The van der Waals surface area contributed by atoms with Crippen molar-refractivity contribution in [1.29, 1.82) is 0 Å². The van der Waals surface area contributed by atoms with Gasteiger partial charge in [-0.15, -0.1) is 11.3 Å². The minimum atomic E-state index is -2.85. The molecular weight excluding hydrogens is 334 g/mol. The Morgan fingerprint density at radius 1 is 1.38 bits per heavy atom. The fourth-order valence-electron chi connectivity index (χ4n) is 2.88. The molecule has 3 rings (SSSR count). The molecule has 24 heavy (non-hydrogen) atoms. The number of nitrogens with zero attached hydrogens (tertiary/aromatic N) is 1. The van der Waals surface area contributed by atoms with E-state index in [1.807, 2.05) is 0 Å². The fourth-order valence-corrected chi connectivity index (χ4v) is 3.84. The number of fused-ring (bicyclic) bond motifs is 1. The number of benzene rings is 1. The molecule has 4 nitrogen and oxygen atoms in total. The SMILES string of the molecule is C[C@@H]1c2ccsc2CCN1CC(=O)Nc1ccc(OC(F)F)cc1. The van der Waals surface area contributed by atoms with E-state index in [-0.39, 0.29) is 17.7 Å². The first-order valence-electron chi connectivity index (χ1n) is 7.68. The van der Waals surface area contributed by atoms with E-state index in [1.54, 1.807) is 23.5 Å². The van der Waals surface area contributed by atoms with E-state index in [0.717, 1.165) is 13.0 Å². The molecule has 2 heterocycles. The quantitative estimate of drug-likeness (QED) is 0.887. The molecule has 0 spiro atoms. The second-order valence-corrected chi connectivity index (χ2v) is 6.65. The second-order valence-electron chi connectivity index (χ2n) is 5.65. The zero-order valence-electron chi connectivity index (χ0n) is 13.2. The largest absolute Gasteiger partial charge is 0.435 e. The number of nitrogens with one attached hydrogen (secondary N) is 1. The molecule has 1 atom stereocenters. The molecule has 0 fully saturated rings. The molecule has 0 bridgehead atoms. The first kappa shape index (κ1) is 16.9. The van der Waals surface area contributed by atoms with Gasteiger partial charge in [0.2, 0.25) is 5.91 Å². The van der Waals surface area contributed by atoms with Crippen LogP contribution < -0.4 is 10.1 Å². The topological polar surface area (TPSA) is 41.6 Å². The minimum absolute atomic E-state index is 0.0673. The molecule has 1 aromatic heterocycles. The van der Waals surface area contributed by atoms with Crippen molar-refractivity contribution in [2.45, 2.75) is 26.0 Å². The molecule has 1 N–H and O–H groups in total. The Morgan fingerprint density at radius 2 is 2.12 bits per heavy atom. The van der Waals surface area contributed by atoms with Crippen LogP contribution in [0.2, 0.25) is 0 Å². The van der Waals surface area contributed by atoms with Gasteiger partial charge in [-0.3, -0.25) is 9.69 Å². The maximum Gasteiger partial charge on any atom is 0.387 e. The summed E-state index contributed by atoms with van der Waals surface area (Å²) in [5.74, 6) is -0.0549. The van der Waals surface area contributed by atoms with E-state index in [2.05, 4.69) is 33.3 Å². The van der Waals surface area contributed by atoms with Crippen LogP contribution in [-0.4, -0.2) is 30.5 Å². The van der Waals surface area contributed by atoms with Crippen LogP contribution in [-0.2, 0) is 11.2 Å². The molecule has 0 aliphatic carbocycles. The molecule has 0 saturated heterocycles. The third kappa shape index (κ3) is 3.91. The molecule has 0 radical (unpaired) electrons. The highest BCUT2D eigenvalue weighted by Crippen LogP contribution is 2.32. The highest BCUT2D eigenvalue weighted by atomic mass is 32.1. The highest BCUT2D eigenvalue weighted by Gasteiger charge is 2.26. The summed E-state index contributed by atoms with van der Waals surface area (Å²) in [5, 5.41) is 4.88. The van der Waals surface area contributed by atoms with Crippen LogP contribution in [0.4, 0.5) is 14.5 Å². The Bertz CT molecular complexity index is 703. The summed E-state index contributed by atoms with van der Waals surface area (Å²) in [5.41, 5.74) is 1.86. The van der Waals surface area contributed by atoms with Gasteiger partial charge in [-0.1, -0.05) is 0 Å².